The highest BCUT2D eigenvalue weighted by atomic mass is 16.5. The van der Waals surface area contributed by atoms with Crippen LogP contribution in [0.4, 0.5) is 0 Å². The molecule has 0 radical (unpaired) electrons. The molecule has 0 saturated carbocycles. The SMILES string of the molecule is COc1ccc2[nH]cc(CN3CCc4cnc(-c5ccncc5)nc4C3)c2c1. The second-order valence-electron chi connectivity index (χ2n) is 7.09. The second-order valence-corrected chi connectivity index (χ2v) is 7.09. The number of hydrogen-bond donors (Lipinski definition) is 1. The zero-order chi connectivity index (χ0) is 18.9. The number of nitrogens with zero attached hydrogens (tertiary/aromatic N) is 4. The van der Waals surface area contributed by atoms with Gasteiger partial charge in [0.2, 0.25) is 0 Å². The van der Waals surface area contributed by atoms with Crippen molar-refractivity contribution in [2.24, 2.45) is 0 Å². The Labute approximate surface area is 163 Å². The van der Waals surface area contributed by atoms with Gasteiger partial charge in [-0.15, -0.1) is 0 Å². The zero-order valence-electron chi connectivity index (χ0n) is 15.7. The van der Waals surface area contributed by atoms with Crippen molar-refractivity contribution in [3.63, 3.8) is 0 Å². The normalized spacial score (nSPS) is 14.2. The summed E-state index contributed by atoms with van der Waals surface area (Å²) >= 11 is 0. The fourth-order valence-corrected chi connectivity index (χ4v) is 3.79. The molecule has 4 heterocycles. The fourth-order valence-electron chi connectivity index (χ4n) is 3.79. The van der Waals surface area contributed by atoms with E-state index in [-0.39, 0.29) is 0 Å². The van der Waals surface area contributed by atoms with Gasteiger partial charge in [0.1, 0.15) is 5.75 Å². The minimum Gasteiger partial charge on any atom is -0.497 e. The molecule has 0 atom stereocenters. The molecule has 0 amide bonds. The van der Waals surface area contributed by atoms with E-state index in [0.717, 1.165) is 54.4 Å². The molecular formula is C22H21N5O. The molecule has 6 heteroatoms. The van der Waals surface area contributed by atoms with E-state index in [1.165, 1.54) is 16.5 Å². The van der Waals surface area contributed by atoms with E-state index in [0.29, 0.717) is 0 Å². The smallest absolute Gasteiger partial charge is 0.159 e. The Morgan fingerprint density at radius 1 is 1.18 bits per heavy atom. The van der Waals surface area contributed by atoms with Gasteiger partial charge in [0.25, 0.3) is 0 Å². The first-order chi connectivity index (χ1) is 13.8. The van der Waals surface area contributed by atoms with E-state index in [1.54, 1.807) is 19.5 Å². The highest BCUT2D eigenvalue weighted by Crippen LogP contribution is 2.27. The van der Waals surface area contributed by atoms with Crippen LogP contribution in [0.3, 0.4) is 0 Å². The van der Waals surface area contributed by atoms with Gasteiger partial charge in [-0.1, -0.05) is 0 Å². The maximum absolute atomic E-state index is 5.39. The molecule has 0 aliphatic carbocycles. The predicted octanol–water partition coefficient (Wildman–Crippen LogP) is 3.59. The topological polar surface area (TPSA) is 66.9 Å². The average Bonchev–Trinajstić information content (AvgIpc) is 3.15. The van der Waals surface area contributed by atoms with E-state index < -0.39 is 0 Å². The Balaban J connectivity index is 1.40. The monoisotopic (exact) mass is 371 g/mol. The van der Waals surface area contributed by atoms with E-state index in [4.69, 9.17) is 9.72 Å². The van der Waals surface area contributed by atoms with E-state index in [9.17, 15) is 0 Å². The predicted molar refractivity (Wildman–Crippen MR) is 108 cm³/mol. The van der Waals surface area contributed by atoms with Gasteiger partial charge in [-0.25, -0.2) is 9.97 Å². The number of ether oxygens (including phenoxy) is 1. The first-order valence-corrected chi connectivity index (χ1v) is 9.42. The van der Waals surface area contributed by atoms with Crippen LogP contribution in [0.25, 0.3) is 22.3 Å². The number of fused-ring (bicyclic) bond motifs is 2. The van der Waals surface area contributed by atoms with Gasteiger partial charge in [-0.2, -0.15) is 0 Å². The van der Waals surface area contributed by atoms with Gasteiger partial charge >= 0.3 is 0 Å². The molecule has 5 rings (SSSR count). The van der Waals surface area contributed by atoms with Gasteiger partial charge < -0.3 is 9.72 Å². The molecule has 1 N–H and O–H groups in total. The third kappa shape index (κ3) is 3.12. The number of nitrogens with one attached hydrogen (secondary N) is 1. The Morgan fingerprint density at radius 3 is 2.93 bits per heavy atom. The molecule has 0 saturated heterocycles. The molecule has 0 spiro atoms. The molecule has 140 valence electrons. The Morgan fingerprint density at radius 2 is 2.07 bits per heavy atom. The van der Waals surface area contributed by atoms with Crippen LogP contribution < -0.4 is 4.74 Å². The lowest BCUT2D eigenvalue weighted by Gasteiger charge is -2.27. The van der Waals surface area contributed by atoms with Crippen LogP contribution in [-0.4, -0.2) is 38.5 Å². The standard InChI is InChI=1S/C22H21N5O/c1-28-18-2-3-20-19(10-18)17(12-24-20)13-27-9-6-16-11-25-22(26-21(16)14-27)15-4-7-23-8-5-15/h2-5,7-8,10-12,24H,6,9,13-14H2,1H3. The number of aromatic amines is 1. The summed E-state index contributed by atoms with van der Waals surface area (Å²) in [4.78, 5) is 19.3. The Kier molecular flexibility index (Phi) is 4.25. The summed E-state index contributed by atoms with van der Waals surface area (Å²) in [5, 5.41) is 1.21. The third-order valence-electron chi connectivity index (χ3n) is 5.33. The van der Waals surface area contributed by atoms with Crippen molar-refractivity contribution in [1.29, 1.82) is 0 Å². The second kappa shape index (κ2) is 7.05. The lowest BCUT2D eigenvalue weighted by molar-refractivity contribution is 0.242. The summed E-state index contributed by atoms with van der Waals surface area (Å²) in [5.41, 5.74) is 5.77. The van der Waals surface area contributed by atoms with Gasteiger partial charge in [-0.05, 0) is 47.9 Å². The van der Waals surface area contributed by atoms with Crippen molar-refractivity contribution in [2.45, 2.75) is 19.5 Å². The van der Waals surface area contributed by atoms with Crippen LogP contribution in [0.1, 0.15) is 16.8 Å². The van der Waals surface area contributed by atoms with Crippen LogP contribution in [-0.2, 0) is 19.5 Å². The minimum absolute atomic E-state index is 0.764. The molecule has 1 aliphatic rings. The number of hydrogen-bond acceptors (Lipinski definition) is 5. The largest absolute Gasteiger partial charge is 0.497 e. The van der Waals surface area contributed by atoms with E-state index in [2.05, 4.69) is 38.2 Å². The number of H-pyrrole nitrogens is 1. The summed E-state index contributed by atoms with van der Waals surface area (Å²) in [5.74, 6) is 1.65. The molecule has 1 aliphatic heterocycles. The van der Waals surface area contributed by atoms with E-state index >= 15 is 0 Å². The summed E-state index contributed by atoms with van der Waals surface area (Å²) in [6.45, 7) is 2.70. The summed E-state index contributed by atoms with van der Waals surface area (Å²) in [7, 11) is 1.70. The summed E-state index contributed by atoms with van der Waals surface area (Å²) in [6, 6.07) is 10.0. The van der Waals surface area contributed by atoms with Gasteiger partial charge in [0.05, 0.1) is 12.8 Å². The molecule has 1 aromatic carbocycles. The number of rotatable bonds is 4. The number of pyridine rings is 1. The highest BCUT2D eigenvalue weighted by Gasteiger charge is 2.20. The molecule has 28 heavy (non-hydrogen) atoms. The molecular weight excluding hydrogens is 350 g/mol. The highest BCUT2D eigenvalue weighted by molar-refractivity contribution is 5.84. The number of benzene rings is 1. The Bertz CT molecular complexity index is 1120. The van der Waals surface area contributed by atoms with Gasteiger partial charge in [0.15, 0.2) is 5.82 Å². The fraction of sp³-hybridized carbons (Fsp3) is 0.227. The molecule has 3 aromatic heterocycles. The first-order valence-electron chi connectivity index (χ1n) is 9.42. The van der Waals surface area contributed by atoms with Gasteiger partial charge in [-0.3, -0.25) is 9.88 Å². The molecule has 0 bridgehead atoms. The third-order valence-corrected chi connectivity index (χ3v) is 5.33. The van der Waals surface area contributed by atoms with Crippen molar-refractivity contribution in [3.8, 4) is 17.1 Å². The first kappa shape index (κ1) is 16.9. The molecule has 0 unspecified atom stereocenters. The van der Waals surface area contributed by atoms with Crippen LogP contribution in [0.15, 0.2) is 55.1 Å². The van der Waals surface area contributed by atoms with Crippen molar-refractivity contribution in [2.75, 3.05) is 13.7 Å². The van der Waals surface area contributed by atoms with Crippen molar-refractivity contribution < 1.29 is 4.74 Å². The summed E-state index contributed by atoms with van der Waals surface area (Å²) < 4.78 is 5.39. The molecule has 6 nitrogen and oxygen atoms in total. The van der Waals surface area contributed by atoms with E-state index in [1.807, 2.05) is 24.4 Å². The lowest BCUT2D eigenvalue weighted by atomic mass is 10.1. The maximum atomic E-state index is 5.39. The van der Waals surface area contributed by atoms with Crippen molar-refractivity contribution in [1.82, 2.24) is 24.8 Å². The number of aromatic nitrogens is 4. The maximum Gasteiger partial charge on any atom is 0.159 e. The molecule has 4 aromatic rings. The van der Waals surface area contributed by atoms with Crippen LogP contribution in [0.5, 0.6) is 5.75 Å². The zero-order valence-corrected chi connectivity index (χ0v) is 15.7. The van der Waals surface area contributed by atoms with Crippen molar-refractivity contribution >= 4 is 10.9 Å². The minimum atomic E-state index is 0.764. The van der Waals surface area contributed by atoms with Crippen LogP contribution >= 0.6 is 0 Å². The average molecular weight is 371 g/mol. The quantitative estimate of drug-likeness (QED) is 0.594. The Hall–Kier alpha value is -3.25. The van der Waals surface area contributed by atoms with Gasteiger partial charge in [0, 0.05) is 60.9 Å². The van der Waals surface area contributed by atoms with Crippen LogP contribution in [0, 0.1) is 0 Å². The molecule has 0 fully saturated rings. The lowest BCUT2D eigenvalue weighted by Crippen LogP contribution is -2.31. The van der Waals surface area contributed by atoms with Crippen LogP contribution in [0.2, 0.25) is 0 Å². The van der Waals surface area contributed by atoms with Crippen molar-refractivity contribution in [3.05, 3.63) is 71.9 Å². The summed E-state index contributed by atoms with van der Waals surface area (Å²) in [6.07, 6.45) is 8.59. The number of methoxy groups -OCH3 is 1.